The van der Waals surface area contributed by atoms with E-state index < -0.39 is 0 Å². The van der Waals surface area contributed by atoms with E-state index in [1.165, 1.54) is 22.3 Å². The van der Waals surface area contributed by atoms with E-state index in [2.05, 4.69) is 93.6 Å². The highest BCUT2D eigenvalue weighted by atomic mass is 32.1. The maximum Gasteiger partial charge on any atom is 0.199 e. The lowest BCUT2D eigenvalue weighted by atomic mass is 10.1. The van der Waals surface area contributed by atoms with Gasteiger partial charge < -0.3 is 0 Å². The smallest absolute Gasteiger partial charge is 0.199 e. The third-order valence-corrected chi connectivity index (χ3v) is 6.72. The fourth-order valence-corrected chi connectivity index (χ4v) is 4.51. The van der Waals surface area contributed by atoms with E-state index in [1.54, 1.807) is 0 Å². The van der Waals surface area contributed by atoms with Gasteiger partial charge in [0.1, 0.15) is 11.6 Å². The van der Waals surface area contributed by atoms with Crippen molar-refractivity contribution in [1.29, 1.82) is 0 Å². The Balaban J connectivity index is 1.49. The monoisotopic (exact) mass is 464 g/mol. The highest BCUT2D eigenvalue weighted by Crippen LogP contribution is 2.22. The Bertz CT molecular complexity index is 1270. The Hall–Kier alpha value is -2.84. The number of aryl methyl sites for hydroxylation is 4. The molecule has 0 bridgehead atoms. The van der Waals surface area contributed by atoms with Gasteiger partial charge in [0.05, 0.1) is 11.4 Å². The van der Waals surface area contributed by atoms with E-state index in [0.29, 0.717) is 9.54 Å². The van der Waals surface area contributed by atoms with E-state index in [1.807, 2.05) is 0 Å². The average molecular weight is 465 g/mol. The average Bonchev–Trinajstić information content (AvgIpc) is 3.32. The molecular formula is C24H28N6S2. The second kappa shape index (κ2) is 9.34. The van der Waals surface area contributed by atoms with Gasteiger partial charge in [0.15, 0.2) is 9.54 Å². The summed E-state index contributed by atoms with van der Waals surface area (Å²) in [5.41, 5.74) is 7.10. The zero-order valence-corrected chi connectivity index (χ0v) is 20.5. The van der Waals surface area contributed by atoms with Crippen molar-refractivity contribution in [1.82, 2.24) is 29.5 Å². The van der Waals surface area contributed by atoms with Crippen LogP contribution in [0.25, 0.3) is 11.4 Å². The largest absolute Gasteiger partial charge is 0.272 e. The maximum atomic E-state index is 5.53. The standard InChI is InChI=1S/C24H28N6S2/c1-15-9-7-11-19(17(15)3)29-21(25-27-23(29)31)13-5-6-14-22-26-28-24(32)30(22)20-12-8-10-16(2)18(20)4/h7-12H,5-6,13-14H2,1-4H3,(H,27,31)(H,28,32). The molecule has 0 atom stereocenters. The van der Waals surface area contributed by atoms with Crippen LogP contribution in [0.5, 0.6) is 0 Å². The van der Waals surface area contributed by atoms with E-state index >= 15 is 0 Å². The summed E-state index contributed by atoms with van der Waals surface area (Å²) >= 11 is 11.1. The van der Waals surface area contributed by atoms with Gasteiger partial charge >= 0.3 is 0 Å². The summed E-state index contributed by atoms with van der Waals surface area (Å²) in [6.07, 6.45) is 3.60. The lowest BCUT2D eigenvalue weighted by Gasteiger charge is -2.12. The van der Waals surface area contributed by atoms with E-state index in [4.69, 9.17) is 24.4 Å². The van der Waals surface area contributed by atoms with Crippen LogP contribution in [0.3, 0.4) is 0 Å². The quantitative estimate of drug-likeness (QED) is 0.261. The molecule has 0 aliphatic carbocycles. The summed E-state index contributed by atoms with van der Waals surface area (Å²) in [6, 6.07) is 12.5. The van der Waals surface area contributed by atoms with Crippen LogP contribution >= 0.6 is 24.4 Å². The normalized spacial score (nSPS) is 11.2. The zero-order valence-electron chi connectivity index (χ0n) is 18.9. The van der Waals surface area contributed by atoms with Crippen LogP contribution in [0.1, 0.15) is 46.7 Å². The second-order valence-electron chi connectivity index (χ2n) is 8.21. The fraction of sp³-hybridized carbons (Fsp3) is 0.333. The molecular weight excluding hydrogens is 436 g/mol. The van der Waals surface area contributed by atoms with Crippen molar-refractivity contribution in [3.05, 3.63) is 79.8 Å². The molecule has 0 spiro atoms. The molecule has 2 aromatic carbocycles. The van der Waals surface area contributed by atoms with Gasteiger partial charge in [-0.1, -0.05) is 24.3 Å². The van der Waals surface area contributed by atoms with Crippen molar-refractivity contribution in [3.8, 4) is 11.4 Å². The molecule has 0 radical (unpaired) electrons. The number of aromatic nitrogens is 6. The van der Waals surface area contributed by atoms with Gasteiger partial charge in [0.2, 0.25) is 0 Å². The van der Waals surface area contributed by atoms with Crippen molar-refractivity contribution >= 4 is 24.4 Å². The third-order valence-electron chi connectivity index (χ3n) is 6.17. The molecule has 0 saturated heterocycles. The highest BCUT2D eigenvalue weighted by molar-refractivity contribution is 7.71. The second-order valence-corrected chi connectivity index (χ2v) is 8.98. The zero-order chi connectivity index (χ0) is 22.8. The number of hydrogen-bond donors (Lipinski definition) is 2. The molecule has 0 aliphatic rings. The van der Waals surface area contributed by atoms with Crippen LogP contribution in [0.2, 0.25) is 0 Å². The highest BCUT2D eigenvalue weighted by Gasteiger charge is 2.14. The molecule has 0 saturated carbocycles. The molecule has 166 valence electrons. The van der Waals surface area contributed by atoms with Crippen LogP contribution in [0.4, 0.5) is 0 Å². The Morgan fingerprint density at radius 3 is 1.50 bits per heavy atom. The minimum absolute atomic E-state index is 0.629. The third kappa shape index (κ3) is 4.25. The molecule has 6 nitrogen and oxygen atoms in total. The number of hydrogen-bond acceptors (Lipinski definition) is 4. The predicted octanol–water partition coefficient (Wildman–Crippen LogP) is 5.97. The van der Waals surface area contributed by atoms with Gasteiger partial charge in [0, 0.05) is 12.8 Å². The Labute approximate surface area is 198 Å². The maximum absolute atomic E-state index is 5.53. The first-order valence-corrected chi connectivity index (χ1v) is 11.7. The summed E-state index contributed by atoms with van der Waals surface area (Å²) < 4.78 is 5.38. The molecule has 8 heteroatoms. The first-order chi connectivity index (χ1) is 15.4. The van der Waals surface area contributed by atoms with Gasteiger partial charge in [-0.25, -0.2) is 0 Å². The topological polar surface area (TPSA) is 67.2 Å². The van der Waals surface area contributed by atoms with Crippen LogP contribution in [0.15, 0.2) is 36.4 Å². The van der Waals surface area contributed by atoms with Crippen molar-refractivity contribution in [3.63, 3.8) is 0 Å². The van der Waals surface area contributed by atoms with E-state index in [-0.39, 0.29) is 0 Å². The Morgan fingerprint density at radius 1 is 0.688 bits per heavy atom. The molecule has 0 amide bonds. The molecule has 32 heavy (non-hydrogen) atoms. The fourth-order valence-electron chi connectivity index (χ4n) is 4.01. The molecule has 2 heterocycles. The molecule has 2 aromatic heterocycles. The number of rotatable bonds is 7. The van der Waals surface area contributed by atoms with Crippen LogP contribution in [0, 0.1) is 37.2 Å². The van der Waals surface area contributed by atoms with Crippen molar-refractivity contribution < 1.29 is 0 Å². The van der Waals surface area contributed by atoms with E-state index in [9.17, 15) is 0 Å². The first-order valence-electron chi connectivity index (χ1n) is 10.8. The molecule has 0 unspecified atom stereocenters. The van der Waals surface area contributed by atoms with Gasteiger partial charge in [-0.15, -0.1) is 0 Å². The number of nitrogens with one attached hydrogen (secondary N) is 2. The van der Waals surface area contributed by atoms with Crippen LogP contribution in [-0.4, -0.2) is 29.5 Å². The van der Waals surface area contributed by atoms with Gasteiger partial charge in [-0.3, -0.25) is 19.3 Å². The van der Waals surface area contributed by atoms with Gasteiger partial charge in [-0.2, -0.15) is 10.2 Å². The number of unbranched alkanes of at least 4 members (excludes halogenated alkanes) is 1. The number of benzene rings is 2. The number of nitrogens with zero attached hydrogens (tertiary/aromatic N) is 4. The Kier molecular flexibility index (Phi) is 6.53. The van der Waals surface area contributed by atoms with Gasteiger partial charge in [0.25, 0.3) is 0 Å². The predicted molar refractivity (Wildman–Crippen MR) is 133 cm³/mol. The summed E-state index contributed by atoms with van der Waals surface area (Å²) in [7, 11) is 0. The lowest BCUT2D eigenvalue weighted by Crippen LogP contribution is -2.06. The minimum Gasteiger partial charge on any atom is -0.272 e. The van der Waals surface area contributed by atoms with Gasteiger partial charge in [-0.05, 0) is 99.4 Å². The number of aromatic amines is 2. The SMILES string of the molecule is Cc1cccc(-n2c(CCCCc3n[nH]c(=S)n3-c3cccc(C)c3C)n[nH]c2=S)c1C. The molecule has 4 rings (SSSR count). The van der Waals surface area contributed by atoms with Crippen molar-refractivity contribution in [2.24, 2.45) is 0 Å². The molecule has 4 aromatic rings. The Morgan fingerprint density at radius 2 is 1.09 bits per heavy atom. The summed E-state index contributed by atoms with van der Waals surface area (Å²) in [5, 5.41) is 14.9. The summed E-state index contributed by atoms with van der Waals surface area (Å²) in [4.78, 5) is 0. The van der Waals surface area contributed by atoms with Crippen molar-refractivity contribution in [2.45, 2.75) is 53.4 Å². The summed E-state index contributed by atoms with van der Waals surface area (Å²) in [5.74, 6) is 1.91. The van der Waals surface area contributed by atoms with E-state index in [0.717, 1.165) is 48.7 Å². The minimum atomic E-state index is 0.629. The molecule has 0 fully saturated rings. The first kappa shape index (κ1) is 22.4. The summed E-state index contributed by atoms with van der Waals surface area (Å²) in [6.45, 7) is 8.48. The number of H-pyrrole nitrogens is 2. The lowest BCUT2D eigenvalue weighted by molar-refractivity contribution is 0.669. The molecule has 2 N–H and O–H groups in total. The van der Waals surface area contributed by atoms with Crippen LogP contribution in [-0.2, 0) is 12.8 Å². The molecule has 0 aliphatic heterocycles. The van der Waals surface area contributed by atoms with Crippen LogP contribution < -0.4 is 0 Å². The van der Waals surface area contributed by atoms with Crippen molar-refractivity contribution in [2.75, 3.05) is 0 Å².